The minimum absolute atomic E-state index is 0.0122. The van der Waals surface area contributed by atoms with Gasteiger partial charge in [0.1, 0.15) is 46.3 Å². The topological polar surface area (TPSA) is 107 Å². The molecule has 2 aliphatic rings. The number of alkyl halides is 6. The van der Waals surface area contributed by atoms with Crippen LogP contribution in [0, 0.1) is 5.82 Å². The second-order valence-electron chi connectivity index (χ2n) is 9.90. The summed E-state index contributed by atoms with van der Waals surface area (Å²) >= 11 is 0. The number of rotatable bonds is 16. The summed E-state index contributed by atoms with van der Waals surface area (Å²) in [6.45, 7) is 0.270. The Morgan fingerprint density at radius 1 is 0.660 bits per heavy atom. The molecule has 0 radical (unpaired) electrons. The van der Waals surface area contributed by atoms with Crippen molar-refractivity contribution in [3.63, 3.8) is 0 Å². The van der Waals surface area contributed by atoms with Gasteiger partial charge in [0.05, 0.1) is 32.0 Å². The molecule has 17 heteroatoms. The molecule has 0 saturated carbocycles. The highest BCUT2D eigenvalue weighted by molar-refractivity contribution is 5.91. The number of epoxide rings is 2. The van der Waals surface area contributed by atoms with Crippen molar-refractivity contribution in [3.8, 4) is 28.7 Å². The Labute approximate surface area is 261 Å². The molecule has 0 amide bonds. The zero-order valence-corrected chi connectivity index (χ0v) is 24.0. The predicted molar refractivity (Wildman–Crippen MR) is 143 cm³/mol. The molecule has 47 heavy (non-hydrogen) atoms. The Bertz CT molecular complexity index is 1520. The van der Waals surface area contributed by atoms with Crippen LogP contribution >= 0.6 is 0 Å². The van der Waals surface area contributed by atoms with Gasteiger partial charge in [0, 0.05) is 6.07 Å². The molecule has 2 saturated heterocycles. The van der Waals surface area contributed by atoms with Crippen LogP contribution in [0.4, 0.5) is 30.7 Å². The van der Waals surface area contributed by atoms with Crippen molar-refractivity contribution in [3.05, 3.63) is 77.1 Å². The van der Waals surface area contributed by atoms with Gasteiger partial charge in [-0.25, -0.2) is 9.18 Å². The van der Waals surface area contributed by atoms with E-state index in [1.807, 2.05) is 0 Å². The average Bonchev–Trinajstić information content (AvgIpc) is 3.94. The predicted octanol–water partition coefficient (Wildman–Crippen LogP) is 6.00. The molecule has 2 fully saturated rings. The van der Waals surface area contributed by atoms with E-state index in [9.17, 15) is 35.5 Å². The first-order valence-corrected chi connectivity index (χ1v) is 13.7. The van der Waals surface area contributed by atoms with Crippen LogP contribution in [0.1, 0.15) is 21.5 Å². The van der Waals surface area contributed by atoms with E-state index >= 15 is 0 Å². The van der Waals surface area contributed by atoms with Crippen LogP contribution in [0.15, 0.2) is 54.6 Å². The van der Waals surface area contributed by atoms with E-state index in [-0.39, 0.29) is 55.2 Å². The monoisotopic (exact) mass is 678 g/mol. The number of hydrogen-bond acceptors (Lipinski definition) is 10. The molecule has 0 bridgehead atoms. The van der Waals surface area contributed by atoms with Gasteiger partial charge in [-0.15, -0.1) is 0 Å². The van der Waals surface area contributed by atoms with E-state index in [4.69, 9.17) is 42.6 Å². The second-order valence-corrected chi connectivity index (χ2v) is 9.90. The van der Waals surface area contributed by atoms with Crippen molar-refractivity contribution in [2.45, 2.75) is 24.6 Å². The van der Waals surface area contributed by atoms with Crippen LogP contribution in [-0.2, 0) is 31.3 Å². The van der Waals surface area contributed by atoms with E-state index in [1.54, 1.807) is 0 Å². The van der Waals surface area contributed by atoms with Gasteiger partial charge in [0.25, 0.3) is 0 Å². The first-order valence-electron chi connectivity index (χ1n) is 13.7. The van der Waals surface area contributed by atoms with Crippen LogP contribution < -0.4 is 23.7 Å². The normalized spacial score (nSPS) is 17.2. The largest absolute Gasteiger partial charge is 0.468 e. The molecule has 0 aliphatic carbocycles. The molecule has 5 rings (SSSR count). The van der Waals surface area contributed by atoms with Gasteiger partial charge >= 0.3 is 18.3 Å². The Morgan fingerprint density at radius 3 is 1.72 bits per heavy atom. The lowest BCUT2D eigenvalue weighted by Crippen LogP contribution is -2.22. The maximum Gasteiger partial charge on any atom is 0.420 e. The van der Waals surface area contributed by atoms with Crippen molar-refractivity contribution in [2.75, 3.05) is 46.8 Å². The van der Waals surface area contributed by atoms with Crippen molar-refractivity contribution in [1.29, 1.82) is 0 Å². The number of halogens is 7. The third-order valence-electron chi connectivity index (χ3n) is 6.35. The van der Waals surface area contributed by atoms with E-state index in [0.29, 0.717) is 32.0 Å². The number of ether oxygens (including phenoxy) is 9. The SMILES string of the molecule is O=C(Oc1ccc(OCOc2ccc(OCOCC3CO3)c(F)c2)c(C(F)(F)F)c1C(F)(F)F)c1ccc(OCOCC2CO2)cc1. The number of benzene rings is 3. The van der Waals surface area contributed by atoms with Crippen molar-refractivity contribution >= 4 is 5.97 Å². The summed E-state index contributed by atoms with van der Waals surface area (Å²) in [5, 5.41) is 0. The van der Waals surface area contributed by atoms with Crippen LogP contribution in [0.25, 0.3) is 0 Å². The maximum atomic E-state index is 14.3. The smallest absolute Gasteiger partial charge is 0.420 e. The number of carbonyl (C=O) groups is 1. The Kier molecular flexibility index (Phi) is 10.6. The Hall–Kier alpha value is -4.32. The first kappa shape index (κ1) is 34.0. The Morgan fingerprint density at radius 2 is 1.15 bits per heavy atom. The van der Waals surface area contributed by atoms with Crippen LogP contribution in [-0.4, -0.2) is 65.0 Å². The third kappa shape index (κ3) is 9.84. The van der Waals surface area contributed by atoms with Crippen molar-refractivity contribution in [1.82, 2.24) is 0 Å². The highest BCUT2D eigenvalue weighted by Gasteiger charge is 2.48. The van der Waals surface area contributed by atoms with Crippen molar-refractivity contribution < 1.29 is 78.2 Å². The summed E-state index contributed by atoms with van der Waals surface area (Å²) in [7, 11) is 0. The lowest BCUT2D eigenvalue weighted by molar-refractivity contribution is -0.164. The van der Waals surface area contributed by atoms with Gasteiger partial charge in [0.15, 0.2) is 25.2 Å². The maximum absolute atomic E-state index is 14.3. The van der Waals surface area contributed by atoms with Crippen LogP contribution in [0.5, 0.6) is 28.7 Å². The van der Waals surface area contributed by atoms with Gasteiger partial charge in [-0.05, 0) is 48.5 Å². The molecule has 3 aromatic carbocycles. The molecule has 2 unspecified atom stereocenters. The lowest BCUT2D eigenvalue weighted by atomic mass is 10.0. The first-order chi connectivity index (χ1) is 22.4. The number of hydrogen-bond donors (Lipinski definition) is 0. The van der Waals surface area contributed by atoms with Gasteiger partial charge in [0.2, 0.25) is 6.79 Å². The number of carbonyl (C=O) groups excluding carboxylic acids is 1. The summed E-state index contributed by atoms with van der Waals surface area (Å²) in [5.74, 6) is -5.17. The molecule has 254 valence electrons. The van der Waals surface area contributed by atoms with Gasteiger partial charge in [-0.2, -0.15) is 26.3 Å². The van der Waals surface area contributed by atoms with Gasteiger partial charge in [-0.3, -0.25) is 0 Å². The van der Waals surface area contributed by atoms with Gasteiger partial charge < -0.3 is 42.6 Å². The molecular formula is C30H25F7O10. The zero-order valence-electron chi connectivity index (χ0n) is 24.0. The average molecular weight is 679 g/mol. The van der Waals surface area contributed by atoms with E-state index < -0.39 is 53.6 Å². The minimum atomic E-state index is -5.64. The molecule has 2 heterocycles. The number of esters is 1. The highest BCUT2D eigenvalue weighted by atomic mass is 19.4. The molecule has 0 aromatic heterocycles. The summed E-state index contributed by atoms with van der Waals surface area (Å²) in [6, 6.07) is 9.10. The molecule has 3 aromatic rings. The van der Waals surface area contributed by atoms with Crippen LogP contribution in [0.2, 0.25) is 0 Å². The molecule has 2 aliphatic heterocycles. The minimum Gasteiger partial charge on any atom is -0.468 e. The van der Waals surface area contributed by atoms with E-state index in [1.165, 1.54) is 18.2 Å². The standard InChI is InChI=1S/C30H25F7O10/c31-22-9-19(5-6-23(22)45-15-40-11-21-13-42-21)44-16-46-24-7-8-25(27(30(35,36)37)26(24)29(32,33)34)47-28(38)17-1-3-18(4-2-17)43-14-39-10-20-12-41-20/h1-9,20-21H,10-16H2. The van der Waals surface area contributed by atoms with Crippen molar-refractivity contribution in [2.24, 2.45) is 0 Å². The molecule has 0 spiro atoms. The lowest BCUT2D eigenvalue weighted by Gasteiger charge is -2.22. The quantitative estimate of drug-likeness (QED) is 0.0447. The molecule has 2 atom stereocenters. The fraction of sp³-hybridized carbons (Fsp3) is 0.367. The fourth-order valence-corrected chi connectivity index (χ4v) is 3.93. The fourth-order valence-electron chi connectivity index (χ4n) is 3.93. The third-order valence-corrected chi connectivity index (χ3v) is 6.35. The van der Waals surface area contributed by atoms with E-state index in [2.05, 4.69) is 0 Å². The Balaban J connectivity index is 1.24. The summed E-state index contributed by atoms with van der Waals surface area (Å²) < 4.78 is 144. The second kappa shape index (κ2) is 14.6. The highest BCUT2D eigenvalue weighted by Crippen LogP contribution is 2.49. The zero-order chi connectivity index (χ0) is 33.6. The molecule has 0 N–H and O–H groups in total. The van der Waals surface area contributed by atoms with Gasteiger partial charge in [-0.1, -0.05) is 0 Å². The summed E-state index contributed by atoms with van der Waals surface area (Å²) in [6.07, 6.45) is -11.3. The van der Waals surface area contributed by atoms with Crippen LogP contribution in [0.3, 0.4) is 0 Å². The summed E-state index contributed by atoms with van der Waals surface area (Å²) in [5.41, 5.74) is -4.83. The van der Waals surface area contributed by atoms with E-state index in [0.717, 1.165) is 24.3 Å². The molecule has 10 nitrogen and oxygen atoms in total. The summed E-state index contributed by atoms with van der Waals surface area (Å²) in [4.78, 5) is 12.6. The molecular weight excluding hydrogens is 653 g/mol.